The Labute approximate surface area is 152 Å². The number of thiol groups is 1. The molecule has 0 aliphatic heterocycles. The molecule has 3 rings (SSSR count). The van der Waals surface area contributed by atoms with Gasteiger partial charge in [-0.05, 0) is 17.7 Å². The highest BCUT2D eigenvalue weighted by molar-refractivity contribution is 7.80. The predicted octanol–water partition coefficient (Wildman–Crippen LogP) is 4.12. The quantitative estimate of drug-likeness (QED) is 0.652. The van der Waals surface area contributed by atoms with E-state index in [2.05, 4.69) is 9.97 Å². The van der Waals surface area contributed by atoms with E-state index in [1.807, 2.05) is 42.5 Å². The molecule has 0 saturated heterocycles. The highest BCUT2D eigenvalue weighted by atomic mass is 32.1. The molecule has 0 fully saturated rings. The van der Waals surface area contributed by atoms with E-state index in [1.54, 1.807) is 27.5 Å². The summed E-state index contributed by atoms with van der Waals surface area (Å²) in [5.74, 6) is 2.56. The van der Waals surface area contributed by atoms with E-state index in [9.17, 15) is 0 Å². The lowest BCUT2D eigenvalue weighted by atomic mass is 10.1. The minimum atomic E-state index is -0.210. The lowest BCUT2D eigenvalue weighted by Gasteiger charge is -2.16. The van der Waals surface area contributed by atoms with Gasteiger partial charge >= 0.3 is 0 Å². The summed E-state index contributed by atoms with van der Waals surface area (Å²) >= 11 is 4.75. The number of aromatic nitrogens is 2. The number of hydrogen-bond acceptors (Lipinski definition) is 5. The molecule has 3 aromatic rings. The van der Waals surface area contributed by atoms with Crippen molar-refractivity contribution in [1.29, 1.82) is 0 Å². The lowest BCUT2D eigenvalue weighted by molar-refractivity contribution is 0.324. The van der Waals surface area contributed by atoms with Gasteiger partial charge in [0.25, 0.3) is 0 Å². The number of rotatable bonds is 6. The molecule has 25 heavy (non-hydrogen) atoms. The molecule has 5 nitrogen and oxygen atoms in total. The Bertz CT molecular complexity index is 824. The second-order valence-corrected chi connectivity index (χ2v) is 5.93. The molecular weight excluding hydrogens is 336 g/mol. The van der Waals surface area contributed by atoms with Crippen LogP contribution in [0, 0.1) is 0 Å². The minimum absolute atomic E-state index is 0.210. The van der Waals surface area contributed by atoms with E-state index in [4.69, 9.17) is 26.8 Å². The summed E-state index contributed by atoms with van der Waals surface area (Å²) in [5, 5.41) is -0.210. The number of imidazole rings is 1. The van der Waals surface area contributed by atoms with Crippen LogP contribution in [0.2, 0.25) is 0 Å². The van der Waals surface area contributed by atoms with Crippen LogP contribution < -0.4 is 14.2 Å². The molecule has 0 saturated carbocycles. The molecule has 0 amide bonds. The van der Waals surface area contributed by atoms with Crippen LogP contribution in [0.3, 0.4) is 0 Å². The number of methoxy groups -OCH3 is 3. The molecule has 0 aliphatic rings. The van der Waals surface area contributed by atoms with Crippen molar-refractivity contribution in [3.63, 3.8) is 0 Å². The number of H-pyrrole nitrogens is 1. The van der Waals surface area contributed by atoms with Crippen molar-refractivity contribution in [3.05, 3.63) is 59.9 Å². The first kappa shape index (κ1) is 17.2. The van der Waals surface area contributed by atoms with Crippen LogP contribution in [0.5, 0.6) is 17.2 Å². The van der Waals surface area contributed by atoms with Crippen LogP contribution in [0.15, 0.2) is 48.7 Å². The van der Waals surface area contributed by atoms with E-state index in [1.165, 1.54) is 0 Å². The van der Waals surface area contributed by atoms with Gasteiger partial charge in [0.15, 0.2) is 11.5 Å². The maximum Gasteiger partial charge on any atom is 0.203 e. The summed E-state index contributed by atoms with van der Waals surface area (Å²) in [6.45, 7) is 0. The van der Waals surface area contributed by atoms with Gasteiger partial charge < -0.3 is 19.2 Å². The van der Waals surface area contributed by atoms with Crippen molar-refractivity contribution >= 4 is 12.6 Å². The molecule has 1 heterocycles. The van der Waals surface area contributed by atoms with Gasteiger partial charge in [-0.1, -0.05) is 30.3 Å². The van der Waals surface area contributed by atoms with E-state index in [-0.39, 0.29) is 5.25 Å². The van der Waals surface area contributed by atoms with Gasteiger partial charge in [-0.25, -0.2) is 4.98 Å². The summed E-state index contributed by atoms with van der Waals surface area (Å²) in [7, 11) is 4.77. The van der Waals surface area contributed by atoms with Gasteiger partial charge in [0, 0.05) is 5.56 Å². The van der Waals surface area contributed by atoms with E-state index in [0.29, 0.717) is 17.2 Å². The number of nitrogens with one attached hydrogen (secondary N) is 1. The van der Waals surface area contributed by atoms with E-state index >= 15 is 0 Å². The van der Waals surface area contributed by atoms with Gasteiger partial charge in [-0.3, -0.25) is 0 Å². The standard InChI is InChI=1S/C19H20N2O3S/c1-22-15-9-13(10-16(23-2)17(15)24-3)18(25)14-11-20-19(21-14)12-7-5-4-6-8-12/h4-11,18,25H,1-3H3,(H,20,21). The average Bonchev–Trinajstić information content (AvgIpc) is 3.17. The number of aromatic amines is 1. The molecule has 1 aromatic heterocycles. The van der Waals surface area contributed by atoms with Crippen molar-refractivity contribution < 1.29 is 14.2 Å². The molecule has 0 radical (unpaired) electrons. The molecule has 2 aromatic carbocycles. The Morgan fingerprint density at radius 1 is 0.960 bits per heavy atom. The zero-order valence-corrected chi connectivity index (χ0v) is 15.2. The maximum absolute atomic E-state index is 5.42. The SMILES string of the molecule is COc1cc(C(S)c2cnc(-c3ccccc3)[nH]2)cc(OC)c1OC. The minimum Gasteiger partial charge on any atom is -0.493 e. The average molecular weight is 356 g/mol. The largest absolute Gasteiger partial charge is 0.493 e. The van der Waals surface area contributed by atoms with Gasteiger partial charge in [-0.15, -0.1) is 0 Å². The van der Waals surface area contributed by atoms with Crippen molar-refractivity contribution in [1.82, 2.24) is 9.97 Å². The fourth-order valence-electron chi connectivity index (χ4n) is 2.66. The zero-order chi connectivity index (χ0) is 17.8. The molecule has 6 heteroatoms. The molecule has 1 unspecified atom stereocenters. The summed E-state index contributed by atoms with van der Waals surface area (Å²) in [4.78, 5) is 7.79. The van der Waals surface area contributed by atoms with Gasteiger partial charge in [0.05, 0.1) is 38.5 Å². The van der Waals surface area contributed by atoms with Crippen LogP contribution in [-0.2, 0) is 0 Å². The first-order chi connectivity index (χ1) is 12.2. The summed E-state index contributed by atoms with van der Waals surface area (Å²) in [5.41, 5.74) is 2.83. The normalized spacial score (nSPS) is 11.8. The fourth-order valence-corrected chi connectivity index (χ4v) is 2.94. The summed E-state index contributed by atoms with van der Waals surface area (Å²) in [6.07, 6.45) is 1.79. The highest BCUT2D eigenvalue weighted by Crippen LogP contribution is 2.42. The smallest absolute Gasteiger partial charge is 0.203 e. The van der Waals surface area contributed by atoms with Gasteiger partial charge in [0.2, 0.25) is 5.75 Å². The second-order valence-electron chi connectivity index (χ2n) is 5.41. The Hall–Kier alpha value is -2.60. The fraction of sp³-hybridized carbons (Fsp3) is 0.211. The van der Waals surface area contributed by atoms with Crippen LogP contribution in [0.4, 0.5) is 0 Å². The summed E-state index contributed by atoms with van der Waals surface area (Å²) < 4.78 is 16.2. The Kier molecular flexibility index (Phi) is 5.19. The van der Waals surface area contributed by atoms with Gasteiger partial charge in [0.1, 0.15) is 5.82 Å². The van der Waals surface area contributed by atoms with Crippen molar-refractivity contribution in [3.8, 4) is 28.6 Å². The first-order valence-corrected chi connectivity index (χ1v) is 8.27. The monoisotopic (exact) mass is 356 g/mol. The maximum atomic E-state index is 5.42. The third-order valence-corrected chi connectivity index (χ3v) is 4.52. The van der Waals surface area contributed by atoms with Crippen LogP contribution in [0.1, 0.15) is 16.5 Å². The molecule has 0 aliphatic carbocycles. The number of nitrogens with zero attached hydrogens (tertiary/aromatic N) is 1. The molecule has 130 valence electrons. The van der Waals surface area contributed by atoms with E-state index in [0.717, 1.165) is 22.6 Å². The number of benzene rings is 2. The molecule has 0 bridgehead atoms. The van der Waals surface area contributed by atoms with Crippen LogP contribution in [-0.4, -0.2) is 31.3 Å². The number of hydrogen-bond donors (Lipinski definition) is 2. The predicted molar refractivity (Wildman–Crippen MR) is 101 cm³/mol. The second kappa shape index (κ2) is 7.53. The van der Waals surface area contributed by atoms with Crippen LogP contribution in [0.25, 0.3) is 11.4 Å². The summed E-state index contributed by atoms with van der Waals surface area (Å²) in [6, 6.07) is 13.7. The Balaban J connectivity index is 1.96. The Morgan fingerprint density at radius 3 is 2.16 bits per heavy atom. The molecule has 0 spiro atoms. The van der Waals surface area contributed by atoms with Crippen molar-refractivity contribution in [2.75, 3.05) is 21.3 Å². The topological polar surface area (TPSA) is 56.4 Å². The first-order valence-electron chi connectivity index (χ1n) is 7.76. The number of ether oxygens (including phenoxy) is 3. The molecular formula is C19H20N2O3S. The van der Waals surface area contributed by atoms with Crippen LogP contribution >= 0.6 is 12.6 Å². The van der Waals surface area contributed by atoms with Crippen molar-refractivity contribution in [2.45, 2.75) is 5.25 Å². The highest BCUT2D eigenvalue weighted by Gasteiger charge is 2.19. The third kappa shape index (κ3) is 3.44. The molecule has 1 atom stereocenters. The Morgan fingerprint density at radius 2 is 1.60 bits per heavy atom. The molecule has 1 N–H and O–H groups in total. The third-order valence-electron chi connectivity index (χ3n) is 3.94. The van der Waals surface area contributed by atoms with Crippen molar-refractivity contribution in [2.24, 2.45) is 0 Å². The zero-order valence-electron chi connectivity index (χ0n) is 14.3. The van der Waals surface area contributed by atoms with Gasteiger partial charge in [-0.2, -0.15) is 12.6 Å². The lowest BCUT2D eigenvalue weighted by Crippen LogP contribution is -2.00. The van der Waals surface area contributed by atoms with E-state index < -0.39 is 0 Å².